The number of anilines is 2. The first kappa shape index (κ1) is 18.4. The second kappa shape index (κ2) is 7.60. The van der Waals surface area contributed by atoms with Crippen LogP contribution in [0.3, 0.4) is 0 Å². The summed E-state index contributed by atoms with van der Waals surface area (Å²) in [7, 11) is 1.53. The zero-order valence-corrected chi connectivity index (χ0v) is 16.0. The van der Waals surface area contributed by atoms with Gasteiger partial charge in [0.1, 0.15) is 17.5 Å². The Morgan fingerprint density at radius 3 is 2.71 bits per heavy atom. The largest absolute Gasteiger partial charge is 0.480 e. The number of methoxy groups -OCH3 is 1. The summed E-state index contributed by atoms with van der Waals surface area (Å²) < 4.78 is 5.24. The van der Waals surface area contributed by atoms with Crippen LogP contribution in [0.4, 0.5) is 11.5 Å². The standard InChI is InChI=1S/C20H24N6O2/c1-28-19-16(11-21)17(2-5-24-19)25-8-3-20(4-9-25)10-15(27)13-26(14-20)18-12-22-6-7-23-18/h2,5-7,12,15,27H,3-4,8-10,13-14H2,1H3. The van der Waals surface area contributed by atoms with E-state index in [1.165, 1.54) is 7.11 Å². The van der Waals surface area contributed by atoms with Gasteiger partial charge in [-0.05, 0) is 30.7 Å². The van der Waals surface area contributed by atoms with Crippen LogP contribution in [0.25, 0.3) is 0 Å². The Balaban J connectivity index is 1.51. The number of β-amino-alcohol motifs (C(OH)–C–C–N with tert-alkyl or cyclic N) is 1. The zero-order valence-electron chi connectivity index (χ0n) is 16.0. The molecule has 0 saturated carbocycles. The van der Waals surface area contributed by atoms with Crippen LogP contribution in [-0.2, 0) is 0 Å². The second-order valence-corrected chi connectivity index (χ2v) is 7.62. The normalized spacial score (nSPS) is 21.4. The molecule has 2 aliphatic heterocycles. The highest BCUT2D eigenvalue weighted by molar-refractivity contribution is 5.63. The summed E-state index contributed by atoms with van der Waals surface area (Å²) in [6.07, 6.45) is 9.08. The average molecular weight is 380 g/mol. The van der Waals surface area contributed by atoms with Crippen LogP contribution in [0.1, 0.15) is 24.8 Å². The van der Waals surface area contributed by atoms with Crippen molar-refractivity contribution in [3.63, 3.8) is 0 Å². The Bertz CT molecular complexity index is 861. The number of nitriles is 1. The molecule has 2 saturated heterocycles. The van der Waals surface area contributed by atoms with Crippen LogP contribution in [-0.4, -0.2) is 59.5 Å². The lowest BCUT2D eigenvalue weighted by Gasteiger charge is -2.49. The van der Waals surface area contributed by atoms with Crippen molar-refractivity contribution < 1.29 is 9.84 Å². The van der Waals surface area contributed by atoms with Gasteiger partial charge in [-0.1, -0.05) is 0 Å². The fourth-order valence-corrected chi connectivity index (χ4v) is 4.52. The molecule has 2 aromatic rings. The van der Waals surface area contributed by atoms with Crippen molar-refractivity contribution in [2.45, 2.75) is 25.4 Å². The molecule has 2 aromatic heterocycles. The van der Waals surface area contributed by atoms with Crippen molar-refractivity contribution in [3.8, 4) is 11.9 Å². The fraction of sp³-hybridized carbons (Fsp3) is 0.500. The third-order valence-electron chi connectivity index (χ3n) is 5.86. The maximum Gasteiger partial charge on any atom is 0.233 e. The summed E-state index contributed by atoms with van der Waals surface area (Å²) in [4.78, 5) is 17.1. The molecule has 1 N–H and O–H groups in total. The number of pyridine rings is 1. The molecule has 2 aliphatic rings. The topological polar surface area (TPSA) is 98.4 Å². The second-order valence-electron chi connectivity index (χ2n) is 7.62. The Hall–Kier alpha value is -2.92. The summed E-state index contributed by atoms with van der Waals surface area (Å²) in [6, 6.07) is 4.10. The first-order chi connectivity index (χ1) is 13.6. The predicted molar refractivity (Wildman–Crippen MR) is 104 cm³/mol. The van der Waals surface area contributed by atoms with E-state index >= 15 is 0 Å². The van der Waals surface area contributed by atoms with Crippen LogP contribution >= 0.6 is 0 Å². The summed E-state index contributed by atoms with van der Waals surface area (Å²) in [6.45, 7) is 3.09. The number of aromatic nitrogens is 3. The smallest absolute Gasteiger partial charge is 0.233 e. The summed E-state index contributed by atoms with van der Waals surface area (Å²) >= 11 is 0. The van der Waals surface area contributed by atoms with E-state index < -0.39 is 0 Å². The van der Waals surface area contributed by atoms with Gasteiger partial charge in [0.05, 0.1) is 25.1 Å². The molecule has 1 unspecified atom stereocenters. The minimum Gasteiger partial charge on any atom is -0.480 e. The molecule has 0 radical (unpaired) electrons. The molecule has 1 spiro atoms. The van der Waals surface area contributed by atoms with Gasteiger partial charge in [0.2, 0.25) is 5.88 Å². The van der Waals surface area contributed by atoms with Crippen LogP contribution in [0.5, 0.6) is 5.88 Å². The number of hydrogen-bond acceptors (Lipinski definition) is 8. The third-order valence-corrected chi connectivity index (χ3v) is 5.86. The Labute approximate surface area is 164 Å². The lowest BCUT2D eigenvalue weighted by Crippen LogP contribution is -2.54. The van der Waals surface area contributed by atoms with Crippen molar-refractivity contribution in [1.29, 1.82) is 5.26 Å². The number of ether oxygens (including phenoxy) is 1. The van der Waals surface area contributed by atoms with E-state index in [9.17, 15) is 10.4 Å². The molecule has 28 heavy (non-hydrogen) atoms. The molecule has 0 bridgehead atoms. The Morgan fingerprint density at radius 1 is 1.21 bits per heavy atom. The number of nitrogens with zero attached hydrogens (tertiary/aromatic N) is 6. The summed E-state index contributed by atoms with van der Waals surface area (Å²) in [5.74, 6) is 1.18. The van der Waals surface area contributed by atoms with E-state index in [4.69, 9.17) is 4.74 Å². The molecule has 0 aromatic carbocycles. The maximum absolute atomic E-state index is 10.5. The van der Waals surface area contributed by atoms with Crippen molar-refractivity contribution in [2.24, 2.45) is 5.41 Å². The highest BCUT2D eigenvalue weighted by Crippen LogP contribution is 2.42. The van der Waals surface area contributed by atoms with Crippen molar-refractivity contribution in [3.05, 3.63) is 36.4 Å². The molecule has 2 fully saturated rings. The number of aliphatic hydroxyl groups is 1. The number of rotatable bonds is 3. The van der Waals surface area contributed by atoms with E-state index in [2.05, 4.69) is 30.8 Å². The molecular formula is C20H24N6O2. The van der Waals surface area contributed by atoms with Gasteiger partial charge >= 0.3 is 0 Å². The van der Waals surface area contributed by atoms with E-state index in [1.807, 2.05) is 6.07 Å². The van der Waals surface area contributed by atoms with Gasteiger partial charge in [-0.2, -0.15) is 5.26 Å². The molecule has 146 valence electrons. The van der Waals surface area contributed by atoms with Crippen LogP contribution < -0.4 is 14.5 Å². The predicted octanol–water partition coefficient (Wildman–Crippen LogP) is 1.61. The fourth-order valence-electron chi connectivity index (χ4n) is 4.52. The van der Waals surface area contributed by atoms with Gasteiger partial charge < -0.3 is 19.6 Å². The van der Waals surface area contributed by atoms with Gasteiger partial charge in [0, 0.05) is 44.8 Å². The van der Waals surface area contributed by atoms with E-state index in [0.29, 0.717) is 18.0 Å². The average Bonchev–Trinajstić information content (AvgIpc) is 2.74. The van der Waals surface area contributed by atoms with Gasteiger partial charge in [-0.15, -0.1) is 0 Å². The highest BCUT2D eigenvalue weighted by Gasteiger charge is 2.42. The summed E-state index contributed by atoms with van der Waals surface area (Å²) in [5, 5.41) is 20.1. The minimum atomic E-state index is -0.377. The lowest BCUT2D eigenvalue weighted by molar-refractivity contribution is 0.0595. The minimum absolute atomic E-state index is 0.0373. The molecule has 8 nitrogen and oxygen atoms in total. The molecule has 4 heterocycles. The Kier molecular flexibility index (Phi) is 5.01. The first-order valence-corrected chi connectivity index (χ1v) is 9.51. The van der Waals surface area contributed by atoms with Gasteiger partial charge in [0.25, 0.3) is 0 Å². The number of aliphatic hydroxyl groups excluding tert-OH is 1. The molecule has 1 atom stereocenters. The third kappa shape index (κ3) is 3.45. The van der Waals surface area contributed by atoms with Crippen molar-refractivity contribution in [1.82, 2.24) is 15.0 Å². The first-order valence-electron chi connectivity index (χ1n) is 9.51. The maximum atomic E-state index is 10.5. The van der Waals surface area contributed by atoms with E-state index in [-0.39, 0.29) is 11.5 Å². The van der Waals surface area contributed by atoms with Crippen LogP contribution in [0, 0.1) is 16.7 Å². The number of hydrogen-bond donors (Lipinski definition) is 1. The van der Waals surface area contributed by atoms with Crippen molar-refractivity contribution >= 4 is 11.5 Å². The van der Waals surface area contributed by atoms with Crippen molar-refractivity contribution in [2.75, 3.05) is 43.1 Å². The molecule has 0 aliphatic carbocycles. The van der Waals surface area contributed by atoms with Gasteiger partial charge in [-0.3, -0.25) is 4.98 Å². The molecule has 8 heteroatoms. The van der Waals surface area contributed by atoms with E-state index in [1.54, 1.807) is 24.8 Å². The van der Waals surface area contributed by atoms with E-state index in [0.717, 1.165) is 50.4 Å². The highest BCUT2D eigenvalue weighted by atomic mass is 16.5. The monoisotopic (exact) mass is 380 g/mol. The molecular weight excluding hydrogens is 356 g/mol. The SMILES string of the molecule is COc1nccc(N2CCC3(CC2)CC(O)CN(c2cnccn2)C3)c1C#N. The van der Waals surface area contributed by atoms with Crippen LogP contribution in [0.2, 0.25) is 0 Å². The lowest BCUT2D eigenvalue weighted by atomic mass is 9.71. The molecule has 0 amide bonds. The van der Waals surface area contributed by atoms with Gasteiger partial charge in [-0.25, -0.2) is 9.97 Å². The summed E-state index contributed by atoms with van der Waals surface area (Å²) in [5.41, 5.74) is 1.38. The Morgan fingerprint density at radius 2 is 2.04 bits per heavy atom. The number of piperidine rings is 2. The van der Waals surface area contributed by atoms with Crippen LogP contribution in [0.15, 0.2) is 30.9 Å². The van der Waals surface area contributed by atoms with Gasteiger partial charge in [0.15, 0.2) is 0 Å². The zero-order chi connectivity index (χ0) is 19.6. The molecule has 4 rings (SSSR count). The quantitative estimate of drug-likeness (QED) is 0.858.